The number of nitrogens with one attached hydrogen (secondary N) is 2. The fourth-order valence-electron chi connectivity index (χ4n) is 3.50. The van der Waals surface area contributed by atoms with Crippen molar-refractivity contribution < 1.29 is 18.0 Å². The molecule has 0 bridgehead atoms. The summed E-state index contributed by atoms with van der Waals surface area (Å²) in [4.78, 5) is 21.0. The average molecular weight is 485 g/mol. The van der Waals surface area contributed by atoms with Crippen LogP contribution >= 0.6 is 11.6 Å². The van der Waals surface area contributed by atoms with Crippen LogP contribution in [0.3, 0.4) is 0 Å². The number of carbonyl (C=O) groups is 1. The van der Waals surface area contributed by atoms with Gasteiger partial charge in [-0.1, -0.05) is 35.9 Å². The summed E-state index contributed by atoms with van der Waals surface area (Å²) >= 11 is 5.61. The number of hydrogen-bond acceptors (Lipinski definition) is 4. The third-order valence-corrected chi connectivity index (χ3v) is 5.40. The van der Waals surface area contributed by atoms with Crippen LogP contribution in [0.15, 0.2) is 71.9 Å². The molecule has 174 valence electrons. The summed E-state index contributed by atoms with van der Waals surface area (Å²) in [5.74, 6) is 0.247. The van der Waals surface area contributed by atoms with Crippen molar-refractivity contribution in [1.82, 2.24) is 10.3 Å². The first kappa shape index (κ1) is 23.5. The zero-order chi connectivity index (χ0) is 24.1. The van der Waals surface area contributed by atoms with Gasteiger partial charge >= 0.3 is 6.18 Å². The molecule has 0 radical (unpaired) electrons. The molecular formula is C25H20ClF3N4O. The predicted molar refractivity (Wildman–Crippen MR) is 127 cm³/mol. The van der Waals surface area contributed by atoms with E-state index in [9.17, 15) is 18.0 Å². The minimum Gasteiger partial charge on any atom is -0.367 e. The molecule has 1 amide bonds. The molecule has 0 saturated heterocycles. The number of benzene rings is 2. The van der Waals surface area contributed by atoms with E-state index in [1.807, 2.05) is 36.4 Å². The number of aromatic nitrogens is 1. The number of hydrogen-bond donors (Lipinski definition) is 2. The lowest BCUT2D eigenvalue weighted by Crippen LogP contribution is -2.20. The number of alkyl halides is 3. The molecule has 0 saturated carbocycles. The molecule has 0 unspecified atom stereocenters. The molecule has 1 aliphatic heterocycles. The van der Waals surface area contributed by atoms with E-state index in [-0.39, 0.29) is 5.69 Å². The van der Waals surface area contributed by atoms with Crippen molar-refractivity contribution >= 4 is 35.1 Å². The molecule has 3 aromatic rings. The maximum Gasteiger partial charge on any atom is 0.417 e. The summed E-state index contributed by atoms with van der Waals surface area (Å²) in [5.41, 5.74) is 2.71. The highest BCUT2D eigenvalue weighted by molar-refractivity contribution is 6.31. The highest BCUT2D eigenvalue weighted by Gasteiger charge is 2.33. The Kier molecular flexibility index (Phi) is 6.98. The van der Waals surface area contributed by atoms with Gasteiger partial charge in [-0.05, 0) is 59.5 Å². The van der Waals surface area contributed by atoms with Crippen molar-refractivity contribution in [1.29, 1.82) is 0 Å². The summed E-state index contributed by atoms with van der Waals surface area (Å²) in [7, 11) is 0. The molecule has 34 heavy (non-hydrogen) atoms. The Morgan fingerprint density at radius 2 is 1.94 bits per heavy atom. The van der Waals surface area contributed by atoms with Gasteiger partial charge in [-0.15, -0.1) is 0 Å². The fraction of sp³-hybridized carbons (Fsp3) is 0.160. The molecule has 2 N–H and O–H groups in total. The molecule has 5 nitrogen and oxygen atoms in total. The second kappa shape index (κ2) is 10.1. The number of halogens is 4. The number of amides is 1. The number of nitrogens with zero attached hydrogens (tertiary/aromatic N) is 2. The molecule has 1 aromatic heterocycles. The zero-order valence-corrected chi connectivity index (χ0v) is 18.6. The molecule has 2 heterocycles. The Morgan fingerprint density at radius 3 is 2.71 bits per heavy atom. The van der Waals surface area contributed by atoms with Crippen LogP contribution in [-0.2, 0) is 17.4 Å². The highest BCUT2D eigenvalue weighted by Crippen LogP contribution is 2.36. The largest absolute Gasteiger partial charge is 0.417 e. The normalized spacial score (nSPS) is 13.6. The minimum absolute atomic E-state index is 0.00924. The first-order valence-electron chi connectivity index (χ1n) is 10.5. The van der Waals surface area contributed by atoms with Gasteiger partial charge in [-0.3, -0.25) is 14.8 Å². The average Bonchev–Trinajstić information content (AvgIpc) is 3.34. The van der Waals surface area contributed by atoms with Crippen LogP contribution < -0.4 is 10.6 Å². The maximum absolute atomic E-state index is 13.0. The van der Waals surface area contributed by atoms with Gasteiger partial charge in [-0.2, -0.15) is 13.2 Å². The van der Waals surface area contributed by atoms with E-state index in [0.717, 1.165) is 53.4 Å². The van der Waals surface area contributed by atoms with Crippen LogP contribution in [0.2, 0.25) is 5.02 Å². The van der Waals surface area contributed by atoms with E-state index in [0.29, 0.717) is 6.42 Å². The summed E-state index contributed by atoms with van der Waals surface area (Å²) in [5, 5.41) is 5.22. The molecule has 0 spiro atoms. The summed E-state index contributed by atoms with van der Waals surface area (Å²) < 4.78 is 39.0. The van der Waals surface area contributed by atoms with E-state index in [1.165, 1.54) is 12.1 Å². The molecule has 1 aliphatic rings. The lowest BCUT2D eigenvalue weighted by Gasteiger charge is -2.11. The summed E-state index contributed by atoms with van der Waals surface area (Å²) in [6, 6.07) is 14.8. The Morgan fingerprint density at radius 1 is 1.12 bits per heavy atom. The van der Waals surface area contributed by atoms with Crippen molar-refractivity contribution in [3.05, 3.63) is 99.8 Å². The third-order valence-electron chi connectivity index (χ3n) is 5.07. The van der Waals surface area contributed by atoms with Gasteiger partial charge < -0.3 is 10.6 Å². The Bertz CT molecular complexity index is 1270. The molecule has 4 rings (SSSR count). The number of carbonyl (C=O) groups excluding carboxylic acids is 1. The number of anilines is 1. The summed E-state index contributed by atoms with van der Waals surface area (Å²) in [6.07, 6.45) is 0.693. The van der Waals surface area contributed by atoms with Crippen molar-refractivity contribution in [2.45, 2.75) is 12.6 Å². The molecule has 9 heteroatoms. The number of amidine groups is 1. The van der Waals surface area contributed by atoms with E-state index in [1.54, 1.807) is 12.3 Å². The monoisotopic (exact) mass is 484 g/mol. The SMILES string of the molecule is O=C(C=Cc1cccc(Cc2ccnc(C3=NCCN3)c2)c1)Nc1ccc(Cl)c(C(F)(F)F)c1. The van der Waals surface area contributed by atoms with E-state index < -0.39 is 22.7 Å². The molecule has 0 fully saturated rings. The van der Waals surface area contributed by atoms with Crippen molar-refractivity contribution in [3.8, 4) is 0 Å². The lowest BCUT2D eigenvalue weighted by molar-refractivity contribution is -0.137. The zero-order valence-electron chi connectivity index (χ0n) is 17.9. The Hall–Kier alpha value is -3.65. The topological polar surface area (TPSA) is 66.4 Å². The van der Waals surface area contributed by atoms with Crippen LogP contribution in [0, 0.1) is 0 Å². The van der Waals surface area contributed by atoms with Crippen LogP contribution in [0.1, 0.15) is 27.9 Å². The highest BCUT2D eigenvalue weighted by atomic mass is 35.5. The van der Waals surface area contributed by atoms with E-state index in [4.69, 9.17) is 11.6 Å². The standard InChI is InChI=1S/C25H20ClF3N4O/c26-21-6-5-19(15-20(21)25(27,28)29)33-23(34)7-4-16-2-1-3-17(12-16)13-18-8-9-30-22(14-18)24-31-10-11-32-24/h1-9,12,14-15H,10-11,13H2,(H,31,32)(H,33,34). The maximum atomic E-state index is 13.0. The van der Waals surface area contributed by atoms with Crippen molar-refractivity contribution in [2.24, 2.45) is 4.99 Å². The molecule has 0 aliphatic carbocycles. The fourth-order valence-corrected chi connectivity index (χ4v) is 3.73. The van der Waals surface area contributed by atoms with Gasteiger partial charge in [0, 0.05) is 24.5 Å². The van der Waals surface area contributed by atoms with Gasteiger partial charge in [0.1, 0.15) is 11.5 Å². The predicted octanol–water partition coefficient (Wildman–Crippen LogP) is 5.35. The second-order valence-electron chi connectivity index (χ2n) is 7.64. The number of pyridine rings is 1. The Balaban J connectivity index is 1.42. The van der Waals surface area contributed by atoms with Crippen molar-refractivity contribution in [3.63, 3.8) is 0 Å². The van der Waals surface area contributed by atoms with Crippen LogP contribution in [0.25, 0.3) is 6.08 Å². The van der Waals surface area contributed by atoms with Crippen LogP contribution in [-0.4, -0.2) is 29.8 Å². The van der Waals surface area contributed by atoms with Crippen LogP contribution in [0.4, 0.5) is 18.9 Å². The van der Waals surface area contributed by atoms with Crippen molar-refractivity contribution in [2.75, 3.05) is 18.4 Å². The molecule has 0 atom stereocenters. The van der Waals surface area contributed by atoms with Gasteiger partial charge in [0.25, 0.3) is 0 Å². The third kappa shape index (κ3) is 6.02. The van der Waals surface area contributed by atoms with Gasteiger partial charge in [0.2, 0.25) is 5.91 Å². The lowest BCUT2D eigenvalue weighted by atomic mass is 10.0. The summed E-state index contributed by atoms with van der Waals surface area (Å²) in [6.45, 7) is 1.55. The first-order chi connectivity index (χ1) is 16.3. The number of aliphatic imine (C=N–C) groups is 1. The van der Waals surface area contributed by atoms with Gasteiger partial charge in [0.05, 0.1) is 17.1 Å². The minimum atomic E-state index is -4.61. The van der Waals surface area contributed by atoms with Gasteiger partial charge in [-0.25, -0.2) is 0 Å². The smallest absolute Gasteiger partial charge is 0.367 e. The first-order valence-corrected chi connectivity index (χ1v) is 10.8. The van der Waals surface area contributed by atoms with Gasteiger partial charge in [0.15, 0.2) is 0 Å². The number of rotatable bonds is 6. The second-order valence-corrected chi connectivity index (χ2v) is 8.05. The quantitative estimate of drug-likeness (QED) is 0.464. The molecule has 2 aromatic carbocycles. The van der Waals surface area contributed by atoms with E-state index >= 15 is 0 Å². The van der Waals surface area contributed by atoms with Crippen LogP contribution in [0.5, 0.6) is 0 Å². The molecular weight excluding hydrogens is 465 g/mol. The Labute approximate surface area is 199 Å². The van der Waals surface area contributed by atoms with E-state index in [2.05, 4.69) is 20.6 Å².